The van der Waals surface area contributed by atoms with E-state index in [2.05, 4.69) is 0 Å². The van der Waals surface area contributed by atoms with Crippen molar-refractivity contribution in [2.75, 3.05) is 0 Å². The predicted molar refractivity (Wildman–Crippen MR) is 34.3 cm³/mol. The molecule has 0 aromatic rings. The second-order valence-corrected chi connectivity index (χ2v) is 3.23. The number of rotatable bonds is 0. The summed E-state index contributed by atoms with van der Waals surface area (Å²) in [6.45, 7) is 0. The first-order valence-corrected chi connectivity index (χ1v) is 7.81. The van der Waals surface area contributed by atoms with Crippen LogP contribution in [0.15, 0.2) is 0 Å². The number of quaternary nitrogens is 2. The van der Waals surface area contributed by atoms with Crippen molar-refractivity contribution in [1.29, 1.82) is 0 Å². The van der Waals surface area contributed by atoms with Crippen LogP contribution in [-0.2, 0) is 25.3 Å². The van der Waals surface area contributed by atoms with Crippen LogP contribution in [0.5, 0.6) is 0 Å². The van der Waals surface area contributed by atoms with E-state index in [9.17, 15) is 0 Å². The van der Waals surface area contributed by atoms with Gasteiger partial charge in [-0.05, 0) is 0 Å². The van der Waals surface area contributed by atoms with Crippen LogP contribution in [0, 0.1) is 27.8 Å². The Bertz CT molecular complexity index is 286. The van der Waals surface area contributed by atoms with Gasteiger partial charge in [0.25, 0.3) is 0 Å². The van der Waals surface area contributed by atoms with Crippen LogP contribution in [-0.4, -0.2) is 35.0 Å². The van der Waals surface area contributed by atoms with Gasteiger partial charge in [-0.1, -0.05) is 0 Å². The van der Waals surface area contributed by atoms with E-state index in [1.165, 1.54) is 0 Å². The van der Waals surface area contributed by atoms with Crippen molar-refractivity contribution in [2.45, 2.75) is 0 Å². The quantitative estimate of drug-likeness (QED) is 0.270. The second-order valence-electron chi connectivity index (χ2n) is 0.900. The fourth-order valence-corrected chi connectivity index (χ4v) is 0. The van der Waals surface area contributed by atoms with Crippen molar-refractivity contribution >= 4 is 20.8 Å². The summed E-state index contributed by atoms with van der Waals surface area (Å²) in [5.74, 6) is 0. The summed E-state index contributed by atoms with van der Waals surface area (Å²) >= 11 is -2.51. The second kappa shape index (κ2) is 14.3. The molecule has 0 fully saturated rings. The maximum atomic E-state index is 8.58. The molecule has 0 atom stereocenters. The van der Waals surface area contributed by atoms with Gasteiger partial charge < -0.3 is 30.5 Å². The van der Waals surface area contributed by atoms with Crippen molar-refractivity contribution in [3.8, 4) is 0 Å². The van der Waals surface area contributed by atoms with Crippen molar-refractivity contribution < 1.29 is 67.3 Å². The summed E-state index contributed by atoms with van der Waals surface area (Å²) < 4.78 is 85.3. The fraction of sp³-hybridized carbons (Fsp3) is 0. The van der Waals surface area contributed by atoms with Gasteiger partial charge in [-0.2, -0.15) is 0 Å². The molecule has 15 heavy (non-hydrogen) atoms. The van der Waals surface area contributed by atoms with Crippen LogP contribution in [0.4, 0.5) is 0 Å². The summed E-state index contributed by atoms with van der Waals surface area (Å²) in [5, 5.41) is 0. The Labute approximate surface area is 100.0 Å². The molecular formula is H8N2O10S2U. The van der Waals surface area contributed by atoms with Gasteiger partial charge in [0.05, 0.1) is 0 Å². The van der Waals surface area contributed by atoms with Crippen molar-refractivity contribution in [1.82, 2.24) is 12.3 Å². The molecule has 0 aromatic heterocycles. The first kappa shape index (κ1) is 29.5. The van der Waals surface area contributed by atoms with Gasteiger partial charge >= 0.3 is 32.3 Å². The minimum absolute atomic E-state index is 0. The molecule has 0 radical (unpaired) electrons. The van der Waals surface area contributed by atoms with Crippen LogP contribution in [0.2, 0.25) is 0 Å². The molecule has 0 aromatic carbocycles. The van der Waals surface area contributed by atoms with Gasteiger partial charge in [-0.3, -0.25) is 16.8 Å². The molecule has 8 N–H and O–H groups in total. The van der Waals surface area contributed by atoms with E-state index in [0.29, 0.717) is 0 Å². The zero-order valence-electron chi connectivity index (χ0n) is 7.40. The van der Waals surface area contributed by atoms with Crippen LogP contribution in [0.3, 0.4) is 0 Å². The zero-order valence-corrected chi connectivity index (χ0v) is 13.2. The molecule has 0 saturated heterocycles. The van der Waals surface area contributed by atoms with Crippen molar-refractivity contribution in [3.05, 3.63) is 0 Å². The van der Waals surface area contributed by atoms with E-state index < -0.39 is 48.6 Å². The Balaban J connectivity index is -0.0000000322. The van der Waals surface area contributed by atoms with E-state index >= 15 is 0 Å². The Hall–Kier alpha value is 0.312. The molecular weight excluding hydrogens is 490 g/mol. The molecule has 0 rings (SSSR count). The van der Waals surface area contributed by atoms with Crippen LogP contribution in [0.25, 0.3) is 0 Å². The van der Waals surface area contributed by atoms with E-state index in [4.69, 9.17) is 39.5 Å². The molecule has 12 nitrogen and oxygen atoms in total. The minimum atomic E-state index is -5.17. The standard InChI is InChI=1S/2H3N.2H2O4S.2O.U/c;;2*1-5(2,3)4;;;/h2*1H3;2*(H2,1,2,3,4);;;/q;;;;;;+2/p-2. The zero-order chi connectivity index (χ0) is 11.7. The fourth-order valence-electron chi connectivity index (χ4n) is 0. The summed E-state index contributed by atoms with van der Waals surface area (Å²) in [6.07, 6.45) is 0. The van der Waals surface area contributed by atoms with Crippen LogP contribution >= 0.6 is 0 Å². The summed E-state index contributed by atoms with van der Waals surface area (Å²) in [5.41, 5.74) is 0. The molecule has 0 aliphatic rings. The molecule has 0 saturated carbocycles. The molecule has 0 aliphatic carbocycles. The molecule has 0 bridgehead atoms. The first-order valence-electron chi connectivity index (χ1n) is 1.74. The Morgan fingerprint density at radius 3 is 0.667 bits per heavy atom. The summed E-state index contributed by atoms with van der Waals surface area (Å²) in [4.78, 5) is 0. The van der Waals surface area contributed by atoms with Crippen LogP contribution in [0.1, 0.15) is 0 Å². The van der Waals surface area contributed by atoms with Gasteiger partial charge in [-0.15, -0.1) is 0 Å². The van der Waals surface area contributed by atoms with E-state index in [1.807, 2.05) is 0 Å². The first-order chi connectivity index (χ1) is 5.41. The predicted octanol–water partition coefficient (Wildman–Crippen LogP) is -2.16. The third kappa shape index (κ3) is 22300. The summed E-state index contributed by atoms with van der Waals surface area (Å²) in [6, 6.07) is 0. The van der Waals surface area contributed by atoms with Gasteiger partial charge in [-0.25, -0.2) is 0 Å². The third-order valence-corrected chi connectivity index (χ3v) is 0. The normalized spacial score (nSPS) is 8.27. The SMILES string of the molecule is O=S(=O)([O-])[O-].O=S(=O)([O-])[O-].[NH4+].[NH4+].[O]=[U+2]=[O]. The molecule has 0 spiro atoms. The molecule has 0 unspecified atom stereocenters. The van der Waals surface area contributed by atoms with E-state index in [-0.39, 0.29) is 12.3 Å². The van der Waals surface area contributed by atoms with Gasteiger partial charge in [0.1, 0.15) is 0 Å². The molecule has 0 heterocycles. The van der Waals surface area contributed by atoms with Crippen molar-refractivity contribution in [3.63, 3.8) is 0 Å². The molecule has 94 valence electrons. The molecule has 0 amide bonds. The number of hydrogen-bond donors (Lipinski definition) is 2. The Kier molecular flexibility index (Phi) is 28.1. The summed E-state index contributed by atoms with van der Waals surface area (Å²) in [7, 11) is -10.3. The monoisotopic (exact) mass is 498 g/mol. The third-order valence-electron chi connectivity index (χ3n) is 0. The number of hydrogen-bond acceptors (Lipinski definition) is 10. The van der Waals surface area contributed by atoms with Gasteiger partial charge in [0, 0.05) is 20.8 Å². The van der Waals surface area contributed by atoms with E-state index in [1.54, 1.807) is 0 Å². The average molecular weight is 498 g/mol. The molecule has 0 aliphatic heterocycles. The average Bonchev–Trinajstić information content (AvgIpc) is 1.52. The maximum absolute atomic E-state index is 8.58. The van der Waals surface area contributed by atoms with Crippen molar-refractivity contribution in [2.24, 2.45) is 0 Å². The van der Waals surface area contributed by atoms with Crippen LogP contribution < -0.4 is 12.3 Å². The van der Waals surface area contributed by atoms with Gasteiger partial charge in [0.2, 0.25) is 0 Å². The van der Waals surface area contributed by atoms with E-state index in [0.717, 1.165) is 0 Å². The molecule has 15 heteroatoms. The Morgan fingerprint density at radius 2 is 0.667 bits per heavy atom. The topological polar surface area (TPSA) is 268 Å². The Morgan fingerprint density at radius 1 is 0.667 bits per heavy atom. The van der Waals surface area contributed by atoms with Gasteiger partial charge in [0.15, 0.2) is 0 Å².